The van der Waals surface area contributed by atoms with Crippen molar-refractivity contribution in [2.45, 2.75) is 12.8 Å². The largest absolute Gasteiger partial charge is 0.497 e. The Morgan fingerprint density at radius 2 is 1.95 bits per heavy atom. The second-order valence-corrected chi connectivity index (χ2v) is 5.66. The molecule has 1 saturated carbocycles. The summed E-state index contributed by atoms with van der Waals surface area (Å²) in [5.41, 5.74) is 8.08. The van der Waals surface area contributed by atoms with Crippen molar-refractivity contribution in [1.29, 1.82) is 0 Å². The molecule has 3 rings (SSSR count). The molecule has 2 aliphatic rings. The molecular weight excluding hydrogens is 238 g/mol. The average Bonchev–Trinajstić information content (AvgIpc) is 3.24. The number of hydrogen-bond donors (Lipinski definition) is 1. The maximum Gasteiger partial charge on any atom is 0.121 e. The number of nitrogens with two attached hydrogens (primary N) is 1. The van der Waals surface area contributed by atoms with E-state index in [1.807, 2.05) is 12.1 Å². The lowest BCUT2D eigenvalue weighted by Crippen LogP contribution is -2.47. The molecule has 0 atom stereocenters. The molecule has 0 unspecified atom stereocenters. The summed E-state index contributed by atoms with van der Waals surface area (Å²) in [6.07, 6.45) is 2.87. The number of hydrogen-bond acceptors (Lipinski definition) is 4. The number of nitrogen functional groups attached to an aromatic ring is 1. The SMILES string of the molecule is COc1ccc(N2CCN(CC3CC3)CC2)c(N)c1. The minimum atomic E-state index is 0.815. The van der Waals surface area contributed by atoms with Crippen LogP contribution < -0.4 is 15.4 Å². The van der Waals surface area contributed by atoms with Crippen molar-refractivity contribution in [2.24, 2.45) is 5.92 Å². The van der Waals surface area contributed by atoms with E-state index in [0.717, 1.165) is 49.2 Å². The average molecular weight is 261 g/mol. The van der Waals surface area contributed by atoms with Gasteiger partial charge in [-0.3, -0.25) is 4.90 Å². The lowest BCUT2D eigenvalue weighted by molar-refractivity contribution is 0.248. The Morgan fingerprint density at radius 3 is 2.53 bits per heavy atom. The maximum absolute atomic E-state index is 6.12. The maximum atomic E-state index is 6.12. The highest BCUT2D eigenvalue weighted by atomic mass is 16.5. The van der Waals surface area contributed by atoms with Crippen LogP contribution in [0.2, 0.25) is 0 Å². The number of anilines is 2. The van der Waals surface area contributed by atoms with E-state index in [-0.39, 0.29) is 0 Å². The standard InChI is InChI=1S/C15H23N3O/c1-19-13-4-5-15(14(16)10-13)18-8-6-17(7-9-18)11-12-2-3-12/h4-5,10,12H,2-3,6-9,11,16H2,1H3. The van der Waals surface area contributed by atoms with E-state index in [1.54, 1.807) is 7.11 Å². The van der Waals surface area contributed by atoms with E-state index in [9.17, 15) is 0 Å². The highest BCUT2D eigenvalue weighted by Crippen LogP contribution is 2.31. The molecule has 1 aromatic rings. The molecule has 104 valence electrons. The fourth-order valence-electron chi connectivity index (χ4n) is 2.78. The summed E-state index contributed by atoms with van der Waals surface area (Å²) in [7, 11) is 1.67. The Labute approximate surface area is 115 Å². The van der Waals surface area contributed by atoms with E-state index >= 15 is 0 Å². The number of nitrogens with zero attached hydrogens (tertiary/aromatic N) is 2. The molecular formula is C15H23N3O. The highest BCUT2D eigenvalue weighted by Gasteiger charge is 2.26. The van der Waals surface area contributed by atoms with Crippen LogP contribution in [0.15, 0.2) is 18.2 Å². The Hall–Kier alpha value is -1.42. The Bertz CT molecular complexity index is 437. The summed E-state index contributed by atoms with van der Waals surface area (Å²) < 4.78 is 5.20. The van der Waals surface area contributed by atoms with E-state index < -0.39 is 0 Å². The molecule has 1 saturated heterocycles. The van der Waals surface area contributed by atoms with Crippen LogP contribution in [0.5, 0.6) is 5.75 Å². The van der Waals surface area contributed by atoms with E-state index in [1.165, 1.54) is 19.4 Å². The van der Waals surface area contributed by atoms with E-state index in [2.05, 4.69) is 15.9 Å². The molecule has 0 aromatic heterocycles. The third kappa shape index (κ3) is 2.95. The van der Waals surface area contributed by atoms with E-state index in [4.69, 9.17) is 10.5 Å². The summed E-state index contributed by atoms with van der Waals surface area (Å²) in [4.78, 5) is 4.98. The number of piperazine rings is 1. The molecule has 2 fully saturated rings. The first-order chi connectivity index (χ1) is 9.26. The normalized spacial score (nSPS) is 20.6. The van der Waals surface area contributed by atoms with Crippen LogP contribution >= 0.6 is 0 Å². The summed E-state index contributed by atoms with van der Waals surface area (Å²) in [6, 6.07) is 5.97. The highest BCUT2D eigenvalue weighted by molar-refractivity contribution is 5.69. The molecule has 19 heavy (non-hydrogen) atoms. The zero-order chi connectivity index (χ0) is 13.2. The van der Waals surface area contributed by atoms with Gasteiger partial charge in [0.25, 0.3) is 0 Å². The van der Waals surface area contributed by atoms with Crippen molar-refractivity contribution in [3.8, 4) is 5.75 Å². The molecule has 2 N–H and O–H groups in total. The third-order valence-electron chi connectivity index (χ3n) is 4.16. The van der Waals surface area contributed by atoms with Gasteiger partial charge in [0.15, 0.2) is 0 Å². The van der Waals surface area contributed by atoms with Crippen molar-refractivity contribution in [1.82, 2.24) is 4.90 Å². The van der Waals surface area contributed by atoms with Crippen molar-refractivity contribution in [3.05, 3.63) is 18.2 Å². The zero-order valence-corrected chi connectivity index (χ0v) is 11.6. The molecule has 4 heteroatoms. The van der Waals surface area contributed by atoms with E-state index in [0.29, 0.717) is 0 Å². The van der Waals surface area contributed by atoms with Gasteiger partial charge in [0, 0.05) is 38.8 Å². The van der Waals surface area contributed by atoms with Crippen molar-refractivity contribution in [3.63, 3.8) is 0 Å². The first-order valence-electron chi connectivity index (χ1n) is 7.17. The van der Waals surface area contributed by atoms with Gasteiger partial charge in [0.05, 0.1) is 18.5 Å². The minimum Gasteiger partial charge on any atom is -0.497 e. The minimum absolute atomic E-state index is 0.815. The van der Waals surface area contributed by atoms with Gasteiger partial charge in [-0.1, -0.05) is 0 Å². The zero-order valence-electron chi connectivity index (χ0n) is 11.6. The Kier molecular flexibility index (Phi) is 3.51. The quantitative estimate of drug-likeness (QED) is 0.839. The fraction of sp³-hybridized carbons (Fsp3) is 0.600. The monoisotopic (exact) mass is 261 g/mol. The molecule has 0 spiro atoms. The molecule has 1 aliphatic heterocycles. The van der Waals surface area contributed by atoms with Crippen LogP contribution in [0.25, 0.3) is 0 Å². The third-order valence-corrected chi connectivity index (χ3v) is 4.16. The van der Waals surface area contributed by atoms with Gasteiger partial charge in [-0.2, -0.15) is 0 Å². The molecule has 0 radical (unpaired) electrons. The number of methoxy groups -OCH3 is 1. The van der Waals surface area contributed by atoms with Crippen LogP contribution in [0.3, 0.4) is 0 Å². The van der Waals surface area contributed by atoms with Gasteiger partial charge >= 0.3 is 0 Å². The van der Waals surface area contributed by atoms with Gasteiger partial charge in [-0.15, -0.1) is 0 Å². The smallest absolute Gasteiger partial charge is 0.121 e. The van der Waals surface area contributed by atoms with Gasteiger partial charge in [0.2, 0.25) is 0 Å². The predicted molar refractivity (Wildman–Crippen MR) is 78.8 cm³/mol. The van der Waals surface area contributed by atoms with Gasteiger partial charge in [-0.25, -0.2) is 0 Å². The summed E-state index contributed by atoms with van der Waals surface area (Å²) >= 11 is 0. The molecule has 4 nitrogen and oxygen atoms in total. The number of benzene rings is 1. The molecule has 0 amide bonds. The molecule has 1 heterocycles. The first-order valence-corrected chi connectivity index (χ1v) is 7.17. The number of ether oxygens (including phenoxy) is 1. The van der Waals surface area contributed by atoms with Crippen molar-refractivity contribution in [2.75, 3.05) is 50.5 Å². The van der Waals surface area contributed by atoms with Crippen LogP contribution in [-0.2, 0) is 0 Å². The lowest BCUT2D eigenvalue weighted by Gasteiger charge is -2.36. The molecule has 1 aliphatic carbocycles. The topological polar surface area (TPSA) is 41.7 Å². The molecule has 0 bridgehead atoms. The van der Waals surface area contributed by atoms with Crippen molar-refractivity contribution < 1.29 is 4.74 Å². The van der Waals surface area contributed by atoms with Gasteiger partial charge < -0.3 is 15.4 Å². The molecule has 1 aromatic carbocycles. The van der Waals surface area contributed by atoms with Crippen LogP contribution in [-0.4, -0.2) is 44.7 Å². The predicted octanol–water partition coefficient (Wildman–Crippen LogP) is 1.81. The van der Waals surface area contributed by atoms with Crippen molar-refractivity contribution >= 4 is 11.4 Å². The Balaban J connectivity index is 1.60. The van der Waals surface area contributed by atoms with Gasteiger partial charge in [-0.05, 0) is 30.9 Å². The summed E-state index contributed by atoms with van der Waals surface area (Å²) in [5, 5.41) is 0. The van der Waals surface area contributed by atoms with Crippen LogP contribution in [0, 0.1) is 5.92 Å². The number of rotatable bonds is 4. The first kappa shape index (κ1) is 12.6. The van der Waals surface area contributed by atoms with Crippen LogP contribution in [0.4, 0.5) is 11.4 Å². The lowest BCUT2D eigenvalue weighted by atomic mass is 10.2. The Morgan fingerprint density at radius 1 is 1.21 bits per heavy atom. The van der Waals surface area contributed by atoms with Crippen LogP contribution in [0.1, 0.15) is 12.8 Å². The summed E-state index contributed by atoms with van der Waals surface area (Å²) in [5.74, 6) is 1.81. The fourth-order valence-corrected chi connectivity index (χ4v) is 2.78. The second-order valence-electron chi connectivity index (χ2n) is 5.66. The summed E-state index contributed by atoms with van der Waals surface area (Å²) in [6.45, 7) is 5.75. The second kappa shape index (κ2) is 5.29. The van der Waals surface area contributed by atoms with Gasteiger partial charge in [0.1, 0.15) is 5.75 Å².